The average Bonchev–Trinajstić information content (AvgIpc) is 2.63. The number of hydrogen-bond acceptors (Lipinski definition) is 4. The fourth-order valence-electron chi connectivity index (χ4n) is 1.84. The Hall–Kier alpha value is -0.230. The van der Waals surface area contributed by atoms with Gasteiger partial charge in [0.2, 0.25) is 0 Å². The first-order valence-corrected chi connectivity index (χ1v) is 6.87. The SMILES string of the molecule is CCCCOC[C@H]1O[C@@H](O)C(F)C1OCCCC. The van der Waals surface area contributed by atoms with Crippen LogP contribution < -0.4 is 0 Å². The minimum Gasteiger partial charge on any atom is -0.379 e. The lowest BCUT2D eigenvalue weighted by atomic mass is 10.1. The quantitative estimate of drug-likeness (QED) is 0.647. The van der Waals surface area contributed by atoms with Crippen molar-refractivity contribution in [2.45, 2.75) is 64.2 Å². The second kappa shape index (κ2) is 8.80. The highest BCUT2D eigenvalue weighted by Crippen LogP contribution is 2.25. The summed E-state index contributed by atoms with van der Waals surface area (Å²) in [5, 5.41) is 9.36. The highest BCUT2D eigenvalue weighted by atomic mass is 19.1. The van der Waals surface area contributed by atoms with Gasteiger partial charge in [0.25, 0.3) is 0 Å². The molecule has 0 saturated carbocycles. The topological polar surface area (TPSA) is 47.9 Å². The summed E-state index contributed by atoms with van der Waals surface area (Å²) in [6.07, 6.45) is -0.214. The van der Waals surface area contributed by atoms with Crippen LogP contribution in [0.3, 0.4) is 0 Å². The Morgan fingerprint density at radius 2 is 1.83 bits per heavy atom. The fraction of sp³-hybridized carbons (Fsp3) is 1.00. The predicted molar refractivity (Wildman–Crippen MR) is 66.2 cm³/mol. The molecule has 0 aromatic heterocycles. The molecule has 1 aliphatic rings. The number of unbranched alkanes of at least 4 members (excludes halogenated alkanes) is 2. The molecule has 4 atom stereocenters. The maximum Gasteiger partial charge on any atom is 0.189 e. The predicted octanol–water partition coefficient (Wildman–Crippen LogP) is 2.04. The van der Waals surface area contributed by atoms with Crippen LogP contribution in [0.1, 0.15) is 39.5 Å². The minimum absolute atomic E-state index is 0.272. The van der Waals surface area contributed by atoms with Gasteiger partial charge in [0.05, 0.1) is 6.61 Å². The molecule has 4 nitrogen and oxygen atoms in total. The van der Waals surface area contributed by atoms with E-state index in [1.54, 1.807) is 0 Å². The van der Waals surface area contributed by atoms with Crippen molar-refractivity contribution in [1.29, 1.82) is 0 Å². The molecular formula is C13H25FO4. The third-order valence-electron chi connectivity index (χ3n) is 3.00. The summed E-state index contributed by atoms with van der Waals surface area (Å²) in [6, 6.07) is 0. The Bertz CT molecular complexity index is 215. The van der Waals surface area contributed by atoms with E-state index in [2.05, 4.69) is 6.92 Å². The summed E-state index contributed by atoms with van der Waals surface area (Å²) < 4.78 is 29.7. The minimum atomic E-state index is -1.48. The zero-order valence-corrected chi connectivity index (χ0v) is 11.3. The molecule has 0 bridgehead atoms. The Balaban J connectivity index is 2.32. The Labute approximate surface area is 108 Å². The van der Waals surface area contributed by atoms with Crippen molar-refractivity contribution in [3.63, 3.8) is 0 Å². The van der Waals surface area contributed by atoms with Crippen molar-refractivity contribution >= 4 is 0 Å². The largest absolute Gasteiger partial charge is 0.379 e. The van der Waals surface area contributed by atoms with Gasteiger partial charge in [0.1, 0.15) is 12.2 Å². The number of alkyl halides is 1. The monoisotopic (exact) mass is 264 g/mol. The van der Waals surface area contributed by atoms with Crippen LogP contribution in [0.2, 0.25) is 0 Å². The molecule has 1 saturated heterocycles. The number of aliphatic hydroxyl groups excluding tert-OH is 1. The van der Waals surface area contributed by atoms with E-state index in [9.17, 15) is 9.50 Å². The zero-order valence-electron chi connectivity index (χ0n) is 11.3. The Morgan fingerprint density at radius 1 is 1.17 bits per heavy atom. The normalized spacial score (nSPS) is 32.0. The van der Waals surface area contributed by atoms with E-state index in [1.807, 2.05) is 6.92 Å². The van der Waals surface area contributed by atoms with E-state index < -0.39 is 24.7 Å². The molecule has 1 N–H and O–H groups in total. The van der Waals surface area contributed by atoms with Gasteiger partial charge < -0.3 is 19.3 Å². The second-order valence-corrected chi connectivity index (χ2v) is 4.63. The molecule has 0 aliphatic carbocycles. The first kappa shape index (κ1) is 15.8. The Kier molecular flexibility index (Phi) is 7.74. The summed E-state index contributed by atoms with van der Waals surface area (Å²) in [6.45, 7) is 5.51. The number of rotatable bonds is 9. The smallest absolute Gasteiger partial charge is 0.189 e. The molecule has 0 aromatic carbocycles. The van der Waals surface area contributed by atoms with Crippen molar-refractivity contribution in [1.82, 2.24) is 0 Å². The van der Waals surface area contributed by atoms with Crippen molar-refractivity contribution in [3.8, 4) is 0 Å². The van der Waals surface area contributed by atoms with Gasteiger partial charge in [0.15, 0.2) is 12.5 Å². The molecule has 0 radical (unpaired) electrons. The highest BCUT2D eigenvalue weighted by molar-refractivity contribution is 4.87. The molecule has 108 valence electrons. The van der Waals surface area contributed by atoms with E-state index in [0.29, 0.717) is 13.2 Å². The van der Waals surface area contributed by atoms with Crippen LogP contribution in [0.25, 0.3) is 0 Å². The molecule has 2 unspecified atom stereocenters. The second-order valence-electron chi connectivity index (χ2n) is 4.63. The van der Waals surface area contributed by atoms with Crippen molar-refractivity contribution < 1.29 is 23.7 Å². The summed E-state index contributed by atoms with van der Waals surface area (Å²) in [7, 11) is 0. The first-order valence-electron chi connectivity index (χ1n) is 6.87. The average molecular weight is 264 g/mol. The van der Waals surface area contributed by atoms with E-state index >= 15 is 0 Å². The lowest BCUT2D eigenvalue weighted by molar-refractivity contribution is -0.127. The molecule has 0 aromatic rings. The third-order valence-corrected chi connectivity index (χ3v) is 3.00. The van der Waals surface area contributed by atoms with Gasteiger partial charge in [-0.2, -0.15) is 0 Å². The van der Waals surface area contributed by atoms with Crippen molar-refractivity contribution in [2.24, 2.45) is 0 Å². The molecule has 5 heteroatoms. The lowest BCUT2D eigenvalue weighted by Gasteiger charge is -2.19. The number of halogens is 1. The van der Waals surface area contributed by atoms with Crippen LogP contribution >= 0.6 is 0 Å². The first-order chi connectivity index (χ1) is 8.70. The molecule has 1 aliphatic heterocycles. The summed E-state index contributed by atoms with van der Waals surface area (Å²) in [4.78, 5) is 0. The molecule has 1 fully saturated rings. The van der Waals surface area contributed by atoms with Crippen LogP contribution in [0, 0.1) is 0 Å². The van der Waals surface area contributed by atoms with Crippen LogP contribution in [-0.2, 0) is 14.2 Å². The summed E-state index contributed by atoms with van der Waals surface area (Å²) in [5.41, 5.74) is 0. The summed E-state index contributed by atoms with van der Waals surface area (Å²) in [5.74, 6) is 0. The third kappa shape index (κ3) is 4.80. The van der Waals surface area contributed by atoms with E-state index in [4.69, 9.17) is 14.2 Å². The van der Waals surface area contributed by atoms with E-state index in [1.165, 1.54) is 0 Å². The van der Waals surface area contributed by atoms with Gasteiger partial charge in [-0.25, -0.2) is 4.39 Å². The number of ether oxygens (including phenoxy) is 3. The van der Waals surface area contributed by atoms with Gasteiger partial charge in [-0.3, -0.25) is 0 Å². The lowest BCUT2D eigenvalue weighted by Crippen LogP contribution is -2.35. The van der Waals surface area contributed by atoms with E-state index in [0.717, 1.165) is 25.7 Å². The standard InChI is InChI=1S/C13H25FO4/c1-3-5-7-16-9-10-12(17-8-6-4-2)11(14)13(15)18-10/h10-13,15H,3-9H2,1-2H3/t10-,11?,12?,13-/m1/s1. The maximum absolute atomic E-state index is 13.7. The van der Waals surface area contributed by atoms with Gasteiger partial charge in [-0.05, 0) is 12.8 Å². The number of aliphatic hydroxyl groups is 1. The van der Waals surface area contributed by atoms with Crippen LogP contribution in [-0.4, -0.2) is 49.6 Å². The Morgan fingerprint density at radius 3 is 2.50 bits per heavy atom. The van der Waals surface area contributed by atoms with Gasteiger partial charge in [-0.1, -0.05) is 26.7 Å². The zero-order chi connectivity index (χ0) is 13.4. The van der Waals surface area contributed by atoms with Crippen molar-refractivity contribution in [3.05, 3.63) is 0 Å². The van der Waals surface area contributed by atoms with Crippen LogP contribution in [0.4, 0.5) is 4.39 Å². The molecule has 18 heavy (non-hydrogen) atoms. The molecule has 0 spiro atoms. The van der Waals surface area contributed by atoms with Gasteiger partial charge in [-0.15, -0.1) is 0 Å². The maximum atomic E-state index is 13.7. The molecule has 0 amide bonds. The number of hydrogen-bond donors (Lipinski definition) is 1. The fourth-order valence-corrected chi connectivity index (χ4v) is 1.84. The molecule has 1 rings (SSSR count). The molecule has 1 heterocycles. The van der Waals surface area contributed by atoms with Crippen molar-refractivity contribution in [2.75, 3.05) is 19.8 Å². The van der Waals surface area contributed by atoms with Gasteiger partial charge >= 0.3 is 0 Å². The highest BCUT2D eigenvalue weighted by Gasteiger charge is 2.45. The van der Waals surface area contributed by atoms with Gasteiger partial charge in [0, 0.05) is 13.2 Å². The summed E-state index contributed by atoms with van der Waals surface area (Å²) >= 11 is 0. The van der Waals surface area contributed by atoms with E-state index in [-0.39, 0.29) is 6.61 Å². The van der Waals surface area contributed by atoms with Crippen LogP contribution in [0.15, 0.2) is 0 Å². The van der Waals surface area contributed by atoms with Crippen LogP contribution in [0.5, 0.6) is 0 Å². The molecular weight excluding hydrogens is 239 g/mol.